The van der Waals surface area contributed by atoms with Crippen molar-refractivity contribution < 1.29 is 14.7 Å². The Morgan fingerprint density at radius 1 is 0.960 bits per heavy atom. The van der Waals surface area contributed by atoms with Gasteiger partial charge in [-0.25, -0.2) is 0 Å². The molecule has 25 heavy (non-hydrogen) atoms. The number of azo groups is 1. The lowest BCUT2D eigenvalue weighted by atomic mass is 10.1. The van der Waals surface area contributed by atoms with Gasteiger partial charge in [-0.2, -0.15) is 5.11 Å². The third-order valence-corrected chi connectivity index (χ3v) is 3.95. The number of benzene rings is 2. The van der Waals surface area contributed by atoms with Crippen molar-refractivity contribution in [3.63, 3.8) is 0 Å². The van der Waals surface area contributed by atoms with E-state index < -0.39 is 0 Å². The Morgan fingerprint density at radius 2 is 1.64 bits per heavy atom. The molecule has 2 aromatic rings. The van der Waals surface area contributed by atoms with Gasteiger partial charge in [0.05, 0.1) is 5.69 Å². The van der Waals surface area contributed by atoms with Crippen LogP contribution in [0.15, 0.2) is 64.8 Å². The Balaban J connectivity index is 1.73. The van der Waals surface area contributed by atoms with Gasteiger partial charge in [-0.15, -0.1) is 5.11 Å². The Labute approximate surface area is 145 Å². The van der Waals surface area contributed by atoms with E-state index in [0.29, 0.717) is 12.1 Å². The first-order chi connectivity index (χ1) is 12.0. The van der Waals surface area contributed by atoms with Crippen molar-refractivity contribution >= 4 is 23.2 Å². The average Bonchev–Trinajstić information content (AvgIpc) is 2.92. The van der Waals surface area contributed by atoms with Gasteiger partial charge < -0.3 is 5.11 Å². The van der Waals surface area contributed by atoms with E-state index in [1.54, 1.807) is 12.1 Å². The Bertz CT molecular complexity index is 869. The second-order valence-corrected chi connectivity index (χ2v) is 5.72. The van der Waals surface area contributed by atoms with Crippen LogP contribution in [0.25, 0.3) is 0 Å². The lowest BCUT2D eigenvalue weighted by Gasteiger charge is -2.13. The number of rotatable bonds is 5. The van der Waals surface area contributed by atoms with Crippen LogP contribution in [-0.2, 0) is 16.0 Å². The molecule has 126 valence electrons. The highest BCUT2D eigenvalue weighted by atomic mass is 16.3. The Kier molecular flexibility index (Phi) is 4.70. The number of hydrogen-bond acceptors (Lipinski definition) is 5. The molecule has 2 amide bonds. The highest BCUT2D eigenvalue weighted by Gasteiger charge is 2.22. The van der Waals surface area contributed by atoms with Crippen LogP contribution in [0.5, 0.6) is 5.75 Å². The third kappa shape index (κ3) is 3.80. The zero-order chi connectivity index (χ0) is 17.8. The van der Waals surface area contributed by atoms with E-state index in [1.807, 2.05) is 31.2 Å². The van der Waals surface area contributed by atoms with Gasteiger partial charge in [-0.05, 0) is 42.7 Å². The molecule has 6 heteroatoms. The fourth-order valence-corrected chi connectivity index (χ4v) is 2.48. The van der Waals surface area contributed by atoms with Crippen LogP contribution in [0, 0.1) is 6.92 Å². The number of nitrogens with zero attached hydrogens (tertiary/aromatic N) is 3. The normalized spacial score (nSPS) is 14.0. The molecule has 0 unspecified atom stereocenters. The minimum atomic E-state index is -0.303. The van der Waals surface area contributed by atoms with E-state index in [4.69, 9.17) is 0 Å². The molecule has 0 radical (unpaired) electrons. The van der Waals surface area contributed by atoms with Crippen molar-refractivity contribution in [2.75, 3.05) is 6.54 Å². The van der Waals surface area contributed by atoms with Crippen molar-refractivity contribution in [2.45, 2.75) is 13.3 Å². The van der Waals surface area contributed by atoms with Gasteiger partial charge in [0.25, 0.3) is 11.8 Å². The number of amides is 2. The highest BCUT2D eigenvalue weighted by Crippen LogP contribution is 2.30. The minimum absolute atomic E-state index is 0.0241. The monoisotopic (exact) mass is 335 g/mol. The number of carbonyl (C=O) groups is 2. The number of imide groups is 1. The average molecular weight is 335 g/mol. The molecular formula is C19H17N3O3. The lowest BCUT2D eigenvalue weighted by Crippen LogP contribution is -2.31. The summed E-state index contributed by atoms with van der Waals surface area (Å²) in [7, 11) is 0. The van der Waals surface area contributed by atoms with Crippen molar-refractivity contribution in [2.24, 2.45) is 10.2 Å². The first-order valence-corrected chi connectivity index (χ1v) is 7.87. The SMILES string of the molecule is Cc1ccccc1N=Nc1cc(CCN2C(=O)C=CC2=O)ccc1O. The van der Waals surface area contributed by atoms with E-state index in [0.717, 1.165) is 16.8 Å². The summed E-state index contributed by atoms with van der Waals surface area (Å²) in [6, 6.07) is 12.5. The van der Waals surface area contributed by atoms with Crippen LogP contribution >= 0.6 is 0 Å². The molecule has 0 bridgehead atoms. The molecule has 0 spiro atoms. The summed E-state index contributed by atoms with van der Waals surface area (Å²) in [6.07, 6.45) is 3.01. The molecule has 1 aliphatic heterocycles. The second-order valence-electron chi connectivity index (χ2n) is 5.72. The minimum Gasteiger partial charge on any atom is -0.506 e. The van der Waals surface area contributed by atoms with Gasteiger partial charge in [-0.1, -0.05) is 24.3 Å². The molecule has 0 fully saturated rings. The predicted octanol–water partition coefficient (Wildman–Crippen LogP) is 3.58. The maximum absolute atomic E-state index is 11.6. The van der Waals surface area contributed by atoms with Crippen LogP contribution in [0.2, 0.25) is 0 Å². The zero-order valence-corrected chi connectivity index (χ0v) is 13.7. The Hall–Kier alpha value is -3.28. The van der Waals surface area contributed by atoms with Crippen LogP contribution < -0.4 is 0 Å². The van der Waals surface area contributed by atoms with E-state index in [2.05, 4.69) is 10.2 Å². The largest absolute Gasteiger partial charge is 0.506 e. The summed E-state index contributed by atoms with van der Waals surface area (Å²) >= 11 is 0. The van der Waals surface area contributed by atoms with E-state index in [9.17, 15) is 14.7 Å². The predicted molar refractivity (Wildman–Crippen MR) is 93.0 cm³/mol. The molecule has 1 N–H and O–H groups in total. The molecule has 0 atom stereocenters. The molecule has 0 aromatic heterocycles. The van der Waals surface area contributed by atoms with Gasteiger partial charge in [-0.3, -0.25) is 14.5 Å². The molecule has 1 aliphatic rings. The van der Waals surface area contributed by atoms with Crippen molar-refractivity contribution in [3.05, 3.63) is 65.7 Å². The first-order valence-electron chi connectivity index (χ1n) is 7.87. The highest BCUT2D eigenvalue weighted by molar-refractivity contribution is 6.12. The van der Waals surface area contributed by atoms with Crippen LogP contribution in [-0.4, -0.2) is 28.4 Å². The molecule has 1 heterocycles. The lowest BCUT2D eigenvalue weighted by molar-refractivity contribution is -0.136. The van der Waals surface area contributed by atoms with Crippen molar-refractivity contribution in [1.82, 2.24) is 4.90 Å². The molecule has 2 aromatic carbocycles. The standard InChI is InChI=1S/C19H17N3O3/c1-13-4-2-3-5-15(13)20-21-16-12-14(6-7-17(16)23)10-11-22-18(24)8-9-19(22)25/h2-9,12,23H,10-11H2,1H3. The van der Waals surface area contributed by atoms with Gasteiger partial charge in [0.2, 0.25) is 0 Å². The third-order valence-electron chi connectivity index (χ3n) is 3.95. The van der Waals surface area contributed by atoms with Gasteiger partial charge in [0, 0.05) is 18.7 Å². The first kappa shape index (κ1) is 16.6. The number of phenols is 1. The van der Waals surface area contributed by atoms with Gasteiger partial charge in [0.1, 0.15) is 11.4 Å². The molecular weight excluding hydrogens is 318 g/mol. The van der Waals surface area contributed by atoms with Gasteiger partial charge >= 0.3 is 0 Å². The molecule has 0 saturated heterocycles. The quantitative estimate of drug-likeness (QED) is 0.669. The van der Waals surface area contributed by atoms with E-state index in [1.165, 1.54) is 23.1 Å². The number of aryl methyl sites for hydroxylation is 1. The number of phenolic OH excluding ortho intramolecular Hbond substituents is 1. The van der Waals surface area contributed by atoms with Crippen LogP contribution in [0.1, 0.15) is 11.1 Å². The van der Waals surface area contributed by atoms with Crippen LogP contribution in [0.3, 0.4) is 0 Å². The number of aromatic hydroxyl groups is 1. The fourth-order valence-electron chi connectivity index (χ4n) is 2.48. The number of hydrogen-bond donors (Lipinski definition) is 1. The summed E-state index contributed by atoms with van der Waals surface area (Å²) in [5.74, 6) is -0.581. The van der Waals surface area contributed by atoms with Gasteiger partial charge in [0.15, 0.2) is 0 Å². The van der Waals surface area contributed by atoms with Crippen molar-refractivity contribution in [1.29, 1.82) is 0 Å². The van der Waals surface area contributed by atoms with E-state index in [-0.39, 0.29) is 24.1 Å². The summed E-state index contributed by atoms with van der Waals surface area (Å²) in [5, 5.41) is 18.3. The molecule has 0 saturated carbocycles. The fraction of sp³-hybridized carbons (Fsp3) is 0.158. The van der Waals surface area contributed by atoms with Crippen molar-refractivity contribution in [3.8, 4) is 5.75 Å². The maximum atomic E-state index is 11.6. The smallest absolute Gasteiger partial charge is 0.253 e. The second kappa shape index (κ2) is 7.09. The zero-order valence-electron chi connectivity index (χ0n) is 13.7. The maximum Gasteiger partial charge on any atom is 0.253 e. The summed E-state index contributed by atoms with van der Waals surface area (Å²) in [5.41, 5.74) is 2.91. The summed E-state index contributed by atoms with van der Waals surface area (Å²) in [6.45, 7) is 2.21. The Morgan fingerprint density at radius 3 is 2.36 bits per heavy atom. The molecule has 6 nitrogen and oxygen atoms in total. The summed E-state index contributed by atoms with van der Waals surface area (Å²) < 4.78 is 0. The summed E-state index contributed by atoms with van der Waals surface area (Å²) in [4.78, 5) is 24.3. The molecule has 3 rings (SSSR count). The number of carbonyl (C=O) groups excluding carboxylic acids is 2. The topological polar surface area (TPSA) is 82.3 Å². The van der Waals surface area contributed by atoms with E-state index >= 15 is 0 Å². The van der Waals surface area contributed by atoms with Crippen LogP contribution in [0.4, 0.5) is 11.4 Å². The molecule has 0 aliphatic carbocycles.